The molecule has 0 saturated carbocycles. The van der Waals surface area contributed by atoms with E-state index in [0.29, 0.717) is 5.88 Å². The van der Waals surface area contributed by atoms with Crippen molar-refractivity contribution in [3.8, 4) is 22.4 Å². The van der Waals surface area contributed by atoms with E-state index in [9.17, 15) is 0 Å². The predicted octanol–water partition coefficient (Wildman–Crippen LogP) is 3.50. The summed E-state index contributed by atoms with van der Waals surface area (Å²) in [6.07, 6.45) is 1.89. The Labute approximate surface area is 117 Å². The van der Waals surface area contributed by atoms with Crippen LogP contribution in [0.25, 0.3) is 22.4 Å². The van der Waals surface area contributed by atoms with Gasteiger partial charge in [-0.15, -0.1) is 5.10 Å². The van der Waals surface area contributed by atoms with Gasteiger partial charge in [0.05, 0.1) is 12.1 Å². The molecule has 19 heavy (non-hydrogen) atoms. The quantitative estimate of drug-likeness (QED) is 0.736. The molecule has 1 aromatic heterocycles. The Morgan fingerprint density at radius 1 is 0.842 bits per heavy atom. The molecule has 0 N–H and O–H groups in total. The second kappa shape index (κ2) is 5.28. The molecule has 0 aliphatic carbocycles. The highest BCUT2D eigenvalue weighted by Crippen LogP contribution is 2.23. The Balaban J connectivity index is 1.90. The summed E-state index contributed by atoms with van der Waals surface area (Å²) >= 11 is 4.16. The van der Waals surface area contributed by atoms with Gasteiger partial charge < -0.3 is 0 Å². The second-order valence-electron chi connectivity index (χ2n) is 4.23. The number of thiol groups is 1. The molecule has 1 heterocycles. The summed E-state index contributed by atoms with van der Waals surface area (Å²) in [4.78, 5) is 0. The van der Waals surface area contributed by atoms with Crippen molar-refractivity contribution >= 4 is 12.6 Å². The standard InChI is InChI=1S/C15H13N3S/c19-11-18-10-15(16-17-18)14-8-6-13(7-9-14)12-4-2-1-3-5-12/h1-10,19H,11H2. The Morgan fingerprint density at radius 2 is 1.47 bits per heavy atom. The maximum atomic E-state index is 4.16. The van der Waals surface area contributed by atoms with Gasteiger partial charge in [0.15, 0.2) is 0 Å². The van der Waals surface area contributed by atoms with Crippen LogP contribution in [-0.4, -0.2) is 15.0 Å². The molecule has 0 bridgehead atoms. The zero-order valence-corrected chi connectivity index (χ0v) is 11.2. The van der Waals surface area contributed by atoms with Crippen molar-refractivity contribution in [2.45, 2.75) is 5.88 Å². The lowest BCUT2D eigenvalue weighted by Gasteiger charge is -2.02. The van der Waals surface area contributed by atoms with Gasteiger partial charge >= 0.3 is 0 Å². The lowest BCUT2D eigenvalue weighted by Crippen LogP contribution is -1.91. The Morgan fingerprint density at radius 3 is 2.11 bits per heavy atom. The molecule has 0 saturated heterocycles. The Kier molecular flexibility index (Phi) is 3.33. The van der Waals surface area contributed by atoms with Crippen LogP contribution in [0.15, 0.2) is 60.8 Å². The monoisotopic (exact) mass is 267 g/mol. The number of rotatable bonds is 3. The smallest absolute Gasteiger partial charge is 0.113 e. The molecule has 3 rings (SSSR count). The van der Waals surface area contributed by atoms with Crippen LogP contribution in [0.4, 0.5) is 0 Å². The Bertz CT molecular complexity index is 659. The van der Waals surface area contributed by atoms with E-state index in [1.807, 2.05) is 24.4 Å². The maximum absolute atomic E-state index is 4.16. The third kappa shape index (κ3) is 2.53. The van der Waals surface area contributed by atoms with E-state index >= 15 is 0 Å². The van der Waals surface area contributed by atoms with E-state index < -0.39 is 0 Å². The zero-order chi connectivity index (χ0) is 13.1. The van der Waals surface area contributed by atoms with Gasteiger partial charge in [-0.05, 0) is 11.1 Å². The molecule has 2 aromatic carbocycles. The number of hydrogen-bond donors (Lipinski definition) is 1. The Hall–Kier alpha value is -2.07. The first-order valence-electron chi connectivity index (χ1n) is 6.03. The predicted molar refractivity (Wildman–Crippen MR) is 79.9 cm³/mol. The minimum absolute atomic E-state index is 0.537. The fourth-order valence-electron chi connectivity index (χ4n) is 1.96. The molecule has 3 aromatic rings. The number of aromatic nitrogens is 3. The van der Waals surface area contributed by atoms with Crippen LogP contribution in [0.3, 0.4) is 0 Å². The van der Waals surface area contributed by atoms with Crippen molar-refractivity contribution in [1.29, 1.82) is 0 Å². The molecule has 0 atom stereocenters. The fraction of sp³-hybridized carbons (Fsp3) is 0.0667. The molecule has 4 heteroatoms. The SMILES string of the molecule is SCn1cc(-c2ccc(-c3ccccc3)cc2)nn1. The molecule has 0 radical (unpaired) electrons. The zero-order valence-electron chi connectivity index (χ0n) is 10.3. The van der Waals surface area contributed by atoms with Crippen LogP contribution >= 0.6 is 12.6 Å². The van der Waals surface area contributed by atoms with Gasteiger partial charge in [0, 0.05) is 5.56 Å². The van der Waals surface area contributed by atoms with Crippen LogP contribution < -0.4 is 0 Å². The minimum Gasteiger partial charge on any atom is -0.242 e. The summed E-state index contributed by atoms with van der Waals surface area (Å²) in [5.74, 6) is 0.537. The van der Waals surface area contributed by atoms with Crippen LogP contribution in [0.5, 0.6) is 0 Å². The highest BCUT2D eigenvalue weighted by molar-refractivity contribution is 7.79. The summed E-state index contributed by atoms with van der Waals surface area (Å²) < 4.78 is 1.70. The first kappa shape index (κ1) is 12.0. The third-order valence-corrected chi connectivity index (χ3v) is 3.26. The number of hydrogen-bond acceptors (Lipinski definition) is 3. The molecule has 0 spiro atoms. The van der Waals surface area contributed by atoms with Crippen molar-refractivity contribution in [2.75, 3.05) is 0 Å². The van der Waals surface area contributed by atoms with Gasteiger partial charge in [0.1, 0.15) is 5.69 Å². The molecule has 0 aliphatic rings. The van der Waals surface area contributed by atoms with E-state index in [1.165, 1.54) is 11.1 Å². The minimum atomic E-state index is 0.537. The van der Waals surface area contributed by atoms with Crippen LogP contribution in [-0.2, 0) is 5.88 Å². The first-order chi connectivity index (χ1) is 9.36. The van der Waals surface area contributed by atoms with Gasteiger partial charge in [-0.25, -0.2) is 4.68 Å². The van der Waals surface area contributed by atoms with Crippen molar-refractivity contribution in [3.05, 3.63) is 60.8 Å². The lowest BCUT2D eigenvalue weighted by molar-refractivity contribution is 0.704. The largest absolute Gasteiger partial charge is 0.242 e. The molecule has 0 unspecified atom stereocenters. The van der Waals surface area contributed by atoms with Crippen LogP contribution in [0, 0.1) is 0 Å². The molecule has 3 nitrogen and oxygen atoms in total. The van der Waals surface area contributed by atoms with E-state index in [4.69, 9.17) is 0 Å². The summed E-state index contributed by atoms with van der Waals surface area (Å²) in [5.41, 5.74) is 4.35. The maximum Gasteiger partial charge on any atom is 0.113 e. The average molecular weight is 267 g/mol. The van der Waals surface area contributed by atoms with Gasteiger partial charge in [-0.3, -0.25) is 0 Å². The molecule has 0 aliphatic heterocycles. The van der Waals surface area contributed by atoms with Crippen molar-refractivity contribution in [3.63, 3.8) is 0 Å². The van der Waals surface area contributed by atoms with E-state index in [-0.39, 0.29) is 0 Å². The van der Waals surface area contributed by atoms with Gasteiger partial charge in [0.2, 0.25) is 0 Å². The third-order valence-electron chi connectivity index (χ3n) is 2.97. The molecular weight excluding hydrogens is 254 g/mol. The molecular formula is C15H13N3S. The van der Waals surface area contributed by atoms with Crippen molar-refractivity contribution < 1.29 is 0 Å². The summed E-state index contributed by atoms with van der Waals surface area (Å²) in [7, 11) is 0. The highest BCUT2D eigenvalue weighted by Gasteiger charge is 2.03. The molecule has 0 amide bonds. The second-order valence-corrected chi connectivity index (χ2v) is 4.51. The van der Waals surface area contributed by atoms with Crippen LogP contribution in [0.1, 0.15) is 0 Å². The molecule has 94 valence electrons. The van der Waals surface area contributed by atoms with Crippen molar-refractivity contribution in [1.82, 2.24) is 15.0 Å². The fourth-order valence-corrected chi connectivity index (χ4v) is 2.10. The number of nitrogens with zero attached hydrogens (tertiary/aromatic N) is 3. The highest BCUT2D eigenvalue weighted by atomic mass is 32.1. The number of benzene rings is 2. The first-order valence-corrected chi connectivity index (χ1v) is 6.67. The summed E-state index contributed by atoms with van der Waals surface area (Å²) in [6, 6.07) is 18.6. The van der Waals surface area contributed by atoms with Gasteiger partial charge in [-0.2, -0.15) is 12.6 Å². The van der Waals surface area contributed by atoms with Gasteiger partial charge in [-0.1, -0.05) is 59.8 Å². The summed E-state index contributed by atoms with van der Waals surface area (Å²) in [5, 5.41) is 8.11. The van der Waals surface area contributed by atoms with Crippen molar-refractivity contribution in [2.24, 2.45) is 0 Å². The lowest BCUT2D eigenvalue weighted by atomic mass is 10.0. The average Bonchev–Trinajstić information content (AvgIpc) is 2.97. The molecule has 0 fully saturated rings. The topological polar surface area (TPSA) is 30.7 Å². The van der Waals surface area contributed by atoms with Crippen LogP contribution in [0.2, 0.25) is 0 Å². The van der Waals surface area contributed by atoms with E-state index in [0.717, 1.165) is 11.3 Å². The van der Waals surface area contributed by atoms with Gasteiger partial charge in [0.25, 0.3) is 0 Å². The normalized spacial score (nSPS) is 10.6. The van der Waals surface area contributed by atoms with E-state index in [1.54, 1.807) is 4.68 Å². The summed E-state index contributed by atoms with van der Waals surface area (Å²) in [6.45, 7) is 0. The van der Waals surface area contributed by atoms with E-state index in [2.05, 4.69) is 59.3 Å².